The molecular formula is C27H32F2N2O2. The van der Waals surface area contributed by atoms with E-state index in [9.17, 15) is 19.1 Å². The van der Waals surface area contributed by atoms with Crippen LogP contribution >= 0.6 is 0 Å². The molecule has 33 heavy (non-hydrogen) atoms. The van der Waals surface area contributed by atoms with Crippen molar-refractivity contribution in [2.75, 3.05) is 7.11 Å². The Morgan fingerprint density at radius 1 is 1.15 bits per heavy atom. The number of benzene rings is 2. The Balaban J connectivity index is 2.07. The standard InChI is InChI=1S/C27H32F2N2O2/c1-17(2)18-11-12-24(33-6)21(13-18)26(3,4)16-27(32,25(28)29)14-23-20(15-30)19-9-7-8-10-22(19)31(23)5/h7-13,17,25,32H,14,16H2,1-6H3. The normalized spacial score (nSPS) is 14.0. The van der Waals surface area contributed by atoms with Crippen LogP contribution in [0.15, 0.2) is 42.5 Å². The van der Waals surface area contributed by atoms with Gasteiger partial charge in [-0.1, -0.05) is 58.0 Å². The van der Waals surface area contributed by atoms with Gasteiger partial charge in [-0.25, -0.2) is 8.78 Å². The summed E-state index contributed by atoms with van der Waals surface area (Å²) < 4.78 is 36.2. The average Bonchev–Trinajstić information content (AvgIpc) is 3.03. The number of aryl methyl sites for hydroxylation is 1. The topological polar surface area (TPSA) is 58.2 Å². The fourth-order valence-electron chi connectivity index (χ4n) is 4.76. The molecule has 1 unspecified atom stereocenters. The lowest BCUT2D eigenvalue weighted by atomic mass is 9.72. The number of para-hydroxylation sites is 1. The highest BCUT2D eigenvalue weighted by atomic mass is 19.3. The van der Waals surface area contributed by atoms with Gasteiger partial charge >= 0.3 is 0 Å². The molecule has 0 saturated heterocycles. The number of fused-ring (bicyclic) bond motifs is 1. The zero-order chi connectivity index (χ0) is 24.6. The summed E-state index contributed by atoms with van der Waals surface area (Å²) in [5.74, 6) is 0.858. The van der Waals surface area contributed by atoms with Crippen LogP contribution in [0.25, 0.3) is 10.9 Å². The first-order valence-corrected chi connectivity index (χ1v) is 11.1. The molecule has 4 nitrogen and oxygen atoms in total. The molecule has 0 fully saturated rings. The van der Waals surface area contributed by atoms with Gasteiger partial charge in [0.1, 0.15) is 17.4 Å². The molecule has 0 amide bonds. The maximum Gasteiger partial charge on any atom is 0.267 e. The molecule has 0 aliphatic heterocycles. The third-order valence-electron chi connectivity index (χ3n) is 6.59. The number of aliphatic hydroxyl groups is 1. The van der Waals surface area contributed by atoms with E-state index in [-0.39, 0.29) is 18.8 Å². The Hall–Kier alpha value is -2.91. The van der Waals surface area contributed by atoms with Crippen molar-refractivity contribution in [3.05, 3.63) is 64.8 Å². The number of alkyl halides is 2. The minimum atomic E-state index is -3.00. The molecule has 0 radical (unpaired) electrons. The van der Waals surface area contributed by atoms with Crippen LogP contribution in [0.5, 0.6) is 5.75 Å². The van der Waals surface area contributed by atoms with Crippen LogP contribution in [0, 0.1) is 11.3 Å². The molecule has 1 aromatic heterocycles. The van der Waals surface area contributed by atoms with E-state index in [4.69, 9.17) is 4.74 Å². The quantitative estimate of drug-likeness (QED) is 0.448. The van der Waals surface area contributed by atoms with Crippen LogP contribution in [0.4, 0.5) is 8.78 Å². The van der Waals surface area contributed by atoms with E-state index in [2.05, 4.69) is 19.9 Å². The summed E-state index contributed by atoms with van der Waals surface area (Å²) in [6.45, 7) is 7.82. The van der Waals surface area contributed by atoms with Crippen molar-refractivity contribution < 1.29 is 18.6 Å². The number of rotatable bonds is 8. The van der Waals surface area contributed by atoms with Gasteiger partial charge in [-0.15, -0.1) is 0 Å². The van der Waals surface area contributed by atoms with Gasteiger partial charge < -0.3 is 14.4 Å². The fourth-order valence-corrected chi connectivity index (χ4v) is 4.76. The molecule has 3 rings (SSSR count). The van der Waals surface area contributed by atoms with E-state index in [1.165, 1.54) is 0 Å². The molecule has 0 aliphatic rings. The molecule has 1 heterocycles. The van der Waals surface area contributed by atoms with Crippen molar-refractivity contribution in [3.8, 4) is 11.8 Å². The molecule has 0 saturated carbocycles. The van der Waals surface area contributed by atoms with Gasteiger partial charge in [0.15, 0.2) is 0 Å². The van der Waals surface area contributed by atoms with Crippen LogP contribution in [-0.2, 0) is 18.9 Å². The Labute approximate surface area is 194 Å². The van der Waals surface area contributed by atoms with E-state index >= 15 is 0 Å². The predicted molar refractivity (Wildman–Crippen MR) is 127 cm³/mol. The predicted octanol–water partition coefficient (Wildman–Crippen LogP) is 6.09. The number of methoxy groups -OCH3 is 1. The van der Waals surface area contributed by atoms with Gasteiger partial charge in [0.05, 0.1) is 12.7 Å². The van der Waals surface area contributed by atoms with Gasteiger partial charge in [-0.2, -0.15) is 5.26 Å². The largest absolute Gasteiger partial charge is 0.496 e. The Morgan fingerprint density at radius 3 is 2.39 bits per heavy atom. The van der Waals surface area contributed by atoms with E-state index < -0.39 is 17.4 Å². The van der Waals surface area contributed by atoms with E-state index in [0.29, 0.717) is 22.4 Å². The maximum absolute atomic E-state index is 14.5. The number of halogens is 2. The molecule has 1 N–H and O–H groups in total. The molecule has 176 valence electrons. The number of nitrogens with zero attached hydrogens (tertiary/aromatic N) is 2. The van der Waals surface area contributed by atoms with Crippen LogP contribution < -0.4 is 4.74 Å². The first-order valence-electron chi connectivity index (χ1n) is 11.1. The third kappa shape index (κ3) is 4.60. The molecule has 0 aliphatic carbocycles. The Kier molecular flexibility index (Phi) is 6.85. The number of ether oxygens (including phenoxy) is 1. The van der Waals surface area contributed by atoms with Gasteiger partial charge in [-0.05, 0) is 35.4 Å². The first-order chi connectivity index (χ1) is 15.4. The van der Waals surface area contributed by atoms with Crippen molar-refractivity contribution in [2.24, 2.45) is 7.05 Å². The summed E-state index contributed by atoms with van der Waals surface area (Å²) in [6, 6.07) is 15.2. The van der Waals surface area contributed by atoms with E-state index in [0.717, 1.165) is 16.6 Å². The third-order valence-corrected chi connectivity index (χ3v) is 6.59. The minimum absolute atomic E-state index is 0.206. The second-order valence-electron chi connectivity index (χ2n) is 9.77. The Morgan fingerprint density at radius 2 is 1.82 bits per heavy atom. The number of hydrogen-bond donors (Lipinski definition) is 1. The minimum Gasteiger partial charge on any atom is -0.496 e. The van der Waals surface area contributed by atoms with Gasteiger partial charge in [0, 0.05) is 35.6 Å². The molecule has 3 aromatic rings. The summed E-state index contributed by atoms with van der Waals surface area (Å²) in [5.41, 5.74) is 0.179. The smallest absolute Gasteiger partial charge is 0.267 e. The number of nitriles is 1. The van der Waals surface area contributed by atoms with Crippen LogP contribution in [-0.4, -0.2) is 28.8 Å². The van der Waals surface area contributed by atoms with E-state index in [1.54, 1.807) is 24.8 Å². The summed E-state index contributed by atoms with van der Waals surface area (Å²) in [7, 11) is 3.29. The molecule has 0 spiro atoms. The summed E-state index contributed by atoms with van der Waals surface area (Å²) >= 11 is 0. The van der Waals surface area contributed by atoms with Crippen molar-refractivity contribution in [2.45, 2.75) is 63.9 Å². The van der Waals surface area contributed by atoms with Crippen LogP contribution in [0.3, 0.4) is 0 Å². The lowest BCUT2D eigenvalue weighted by molar-refractivity contribution is -0.111. The highest BCUT2D eigenvalue weighted by molar-refractivity contribution is 5.88. The molecule has 2 aromatic carbocycles. The highest BCUT2D eigenvalue weighted by Crippen LogP contribution is 2.42. The zero-order valence-corrected chi connectivity index (χ0v) is 20.1. The van der Waals surface area contributed by atoms with Crippen molar-refractivity contribution >= 4 is 10.9 Å². The molecule has 1 atom stereocenters. The first kappa shape index (κ1) is 24.7. The van der Waals surface area contributed by atoms with Crippen LogP contribution in [0.2, 0.25) is 0 Å². The zero-order valence-electron chi connectivity index (χ0n) is 20.1. The summed E-state index contributed by atoms with van der Waals surface area (Å²) in [6.07, 6.45) is -3.54. The monoisotopic (exact) mass is 454 g/mol. The van der Waals surface area contributed by atoms with Crippen molar-refractivity contribution in [3.63, 3.8) is 0 Å². The van der Waals surface area contributed by atoms with Gasteiger partial charge in [0.2, 0.25) is 0 Å². The Bertz CT molecular complexity index is 1190. The second-order valence-corrected chi connectivity index (χ2v) is 9.77. The maximum atomic E-state index is 14.5. The summed E-state index contributed by atoms with van der Waals surface area (Å²) in [5, 5.41) is 21.8. The number of aromatic nitrogens is 1. The molecule has 6 heteroatoms. The second kappa shape index (κ2) is 9.15. The summed E-state index contributed by atoms with van der Waals surface area (Å²) in [4.78, 5) is 0. The highest BCUT2D eigenvalue weighted by Gasteiger charge is 2.45. The lowest BCUT2D eigenvalue weighted by Crippen LogP contribution is -2.45. The fraction of sp³-hybridized carbons (Fsp3) is 0.444. The van der Waals surface area contributed by atoms with E-state index in [1.807, 2.05) is 50.2 Å². The van der Waals surface area contributed by atoms with Crippen molar-refractivity contribution in [1.82, 2.24) is 4.57 Å². The van der Waals surface area contributed by atoms with Crippen molar-refractivity contribution in [1.29, 1.82) is 5.26 Å². The molecule has 0 bridgehead atoms. The van der Waals surface area contributed by atoms with Gasteiger partial charge in [-0.3, -0.25) is 0 Å². The van der Waals surface area contributed by atoms with Gasteiger partial charge in [0.25, 0.3) is 6.43 Å². The van der Waals surface area contributed by atoms with Crippen LogP contribution in [0.1, 0.15) is 62.4 Å². The number of hydrogen-bond acceptors (Lipinski definition) is 3. The molecular weight excluding hydrogens is 422 g/mol. The lowest BCUT2D eigenvalue weighted by Gasteiger charge is -2.37. The SMILES string of the molecule is COc1ccc(C(C)C)cc1C(C)(C)CC(O)(Cc1c(C#N)c2ccccc2n1C)C(F)F. The average molecular weight is 455 g/mol.